The monoisotopic (exact) mass is 395 g/mol. The molecular weight excluding hydrogens is 378 g/mol. The molecule has 6 heteroatoms. The van der Waals surface area contributed by atoms with Gasteiger partial charge in [0.25, 0.3) is 11.7 Å². The van der Waals surface area contributed by atoms with Crippen molar-refractivity contribution in [3.05, 3.63) is 85.7 Å². The number of aryl methyl sites for hydroxylation is 1. The molecule has 3 heterocycles. The smallest absolute Gasteiger partial charge is 0.296 e. The molecule has 0 aliphatic carbocycles. The van der Waals surface area contributed by atoms with E-state index in [-0.39, 0.29) is 11.3 Å². The van der Waals surface area contributed by atoms with Gasteiger partial charge in [-0.1, -0.05) is 36.4 Å². The van der Waals surface area contributed by atoms with Crippen LogP contribution in [0.4, 0.5) is 0 Å². The molecule has 1 aliphatic heterocycles. The minimum Gasteiger partial charge on any atom is -0.507 e. The first-order valence-corrected chi connectivity index (χ1v) is 10.2. The number of hydrogen-bond acceptors (Lipinski definition) is 5. The van der Waals surface area contributed by atoms with E-state index in [1.165, 1.54) is 11.3 Å². The summed E-state index contributed by atoms with van der Waals surface area (Å²) < 4.78 is 0. The SMILES string of the molecule is Cc1ccsc1C1/C(=C(/O)c2ccccc2)C(=O)C(=O)N1Cc1cccs1. The summed E-state index contributed by atoms with van der Waals surface area (Å²) in [6.07, 6.45) is 0. The molecule has 27 heavy (non-hydrogen) atoms. The van der Waals surface area contributed by atoms with Gasteiger partial charge < -0.3 is 10.0 Å². The number of benzene rings is 1. The molecule has 0 bridgehead atoms. The predicted octanol–water partition coefficient (Wildman–Crippen LogP) is 4.74. The Labute approximate surface area is 165 Å². The van der Waals surface area contributed by atoms with Crippen LogP contribution in [0.3, 0.4) is 0 Å². The van der Waals surface area contributed by atoms with Crippen molar-refractivity contribution in [3.63, 3.8) is 0 Å². The van der Waals surface area contributed by atoms with Crippen molar-refractivity contribution in [2.45, 2.75) is 19.5 Å². The Hall–Kier alpha value is -2.70. The fourth-order valence-electron chi connectivity index (χ4n) is 3.30. The van der Waals surface area contributed by atoms with Gasteiger partial charge in [0.2, 0.25) is 0 Å². The van der Waals surface area contributed by atoms with Crippen molar-refractivity contribution in [2.75, 3.05) is 0 Å². The van der Waals surface area contributed by atoms with Gasteiger partial charge >= 0.3 is 0 Å². The number of rotatable bonds is 4. The molecule has 1 amide bonds. The van der Waals surface area contributed by atoms with E-state index in [2.05, 4.69) is 0 Å². The largest absolute Gasteiger partial charge is 0.507 e. The van der Waals surface area contributed by atoms with Gasteiger partial charge in [-0.15, -0.1) is 22.7 Å². The lowest BCUT2D eigenvalue weighted by Gasteiger charge is -2.24. The zero-order valence-electron chi connectivity index (χ0n) is 14.6. The van der Waals surface area contributed by atoms with Crippen LogP contribution in [0.5, 0.6) is 0 Å². The summed E-state index contributed by atoms with van der Waals surface area (Å²) in [4.78, 5) is 29.2. The number of Topliss-reactive ketones (excluding diaryl/α,β-unsaturated/α-hetero) is 1. The number of aliphatic hydroxyl groups excluding tert-OH is 1. The van der Waals surface area contributed by atoms with Crippen LogP contribution in [0, 0.1) is 6.92 Å². The molecule has 1 N–H and O–H groups in total. The maximum Gasteiger partial charge on any atom is 0.296 e. The second-order valence-electron chi connectivity index (χ2n) is 6.34. The second kappa shape index (κ2) is 7.13. The second-order valence-corrected chi connectivity index (χ2v) is 8.32. The Morgan fingerprint density at radius 2 is 1.81 bits per heavy atom. The number of carbonyl (C=O) groups is 2. The number of ketones is 1. The third kappa shape index (κ3) is 3.11. The van der Waals surface area contributed by atoms with Gasteiger partial charge in [0.05, 0.1) is 12.1 Å². The van der Waals surface area contributed by atoms with Gasteiger partial charge in [0.15, 0.2) is 0 Å². The van der Waals surface area contributed by atoms with E-state index in [0.717, 1.165) is 15.3 Å². The van der Waals surface area contributed by atoms with Gasteiger partial charge in [0.1, 0.15) is 11.8 Å². The molecule has 4 rings (SSSR count). The van der Waals surface area contributed by atoms with Crippen LogP contribution >= 0.6 is 22.7 Å². The van der Waals surface area contributed by atoms with Gasteiger partial charge in [-0.3, -0.25) is 9.59 Å². The fourth-order valence-corrected chi connectivity index (χ4v) is 5.05. The Morgan fingerprint density at radius 3 is 2.44 bits per heavy atom. The van der Waals surface area contributed by atoms with Crippen LogP contribution in [-0.2, 0) is 16.1 Å². The molecule has 0 spiro atoms. The van der Waals surface area contributed by atoms with E-state index in [0.29, 0.717) is 12.1 Å². The van der Waals surface area contributed by atoms with E-state index in [9.17, 15) is 14.7 Å². The summed E-state index contributed by atoms with van der Waals surface area (Å²) in [6.45, 7) is 2.30. The number of nitrogens with zero attached hydrogens (tertiary/aromatic N) is 1. The highest BCUT2D eigenvalue weighted by atomic mass is 32.1. The first-order valence-electron chi connectivity index (χ1n) is 8.48. The molecule has 4 nitrogen and oxygen atoms in total. The van der Waals surface area contributed by atoms with Gasteiger partial charge in [0, 0.05) is 15.3 Å². The molecule has 0 saturated carbocycles. The van der Waals surface area contributed by atoms with Crippen molar-refractivity contribution in [1.82, 2.24) is 4.90 Å². The van der Waals surface area contributed by atoms with Crippen molar-refractivity contribution >= 4 is 40.1 Å². The number of aliphatic hydroxyl groups is 1. The van der Waals surface area contributed by atoms with Crippen molar-refractivity contribution in [3.8, 4) is 0 Å². The van der Waals surface area contributed by atoms with Crippen LogP contribution < -0.4 is 0 Å². The molecule has 1 saturated heterocycles. The maximum absolute atomic E-state index is 12.9. The van der Waals surface area contributed by atoms with Crippen LogP contribution in [0.25, 0.3) is 5.76 Å². The van der Waals surface area contributed by atoms with Crippen LogP contribution in [0.15, 0.2) is 64.9 Å². The molecule has 0 radical (unpaired) electrons. The zero-order chi connectivity index (χ0) is 19.0. The minimum absolute atomic E-state index is 0.125. The number of hydrogen-bond donors (Lipinski definition) is 1. The molecular formula is C21H17NO3S2. The Bertz CT molecular complexity index is 1020. The molecule has 2 aromatic heterocycles. The van der Waals surface area contributed by atoms with Gasteiger partial charge in [-0.05, 0) is 35.4 Å². The predicted molar refractivity (Wildman–Crippen MR) is 108 cm³/mol. The fraction of sp³-hybridized carbons (Fsp3) is 0.143. The molecule has 1 atom stereocenters. The summed E-state index contributed by atoms with van der Waals surface area (Å²) in [6, 6.07) is 14.2. The zero-order valence-corrected chi connectivity index (χ0v) is 16.2. The highest BCUT2D eigenvalue weighted by molar-refractivity contribution is 7.10. The highest BCUT2D eigenvalue weighted by Crippen LogP contribution is 2.43. The molecule has 1 aliphatic rings. The lowest BCUT2D eigenvalue weighted by Crippen LogP contribution is -2.28. The first-order chi connectivity index (χ1) is 13.1. The van der Waals surface area contributed by atoms with Crippen molar-refractivity contribution in [2.24, 2.45) is 0 Å². The van der Waals surface area contributed by atoms with Crippen LogP contribution in [-0.4, -0.2) is 21.7 Å². The Morgan fingerprint density at radius 1 is 1.04 bits per heavy atom. The van der Waals surface area contributed by atoms with Crippen molar-refractivity contribution < 1.29 is 14.7 Å². The topological polar surface area (TPSA) is 57.6 Å². The summed E-state index contributed by atoms with van der Waals surface area (Å²) in [7, 11) is 0. The molecule has 3 aromatic rings. The average molecular weight is 396 g/mol. The number of carbonyl (C=O) groups excluding carboxylic acids is 2. The average Bonchev–Trinajstić information content (AvgIpc) is 3.39. The standard InChI is InChI=1S/C21H17NO3S2/c1-13-9-11-27-20(13)17-16(18(23)14-6-3-2-4-7-14)19(24)21(25)22(17)12-15-8-5-10-26-15/h2-11,17,23H,12H2,1H3/b18-16-. The normalized spacial score (nSPS) is 19.0. The minimum atomic E-state index is -0.634. The highest BCUT2D eigenvalue weighted by Gasteiger charge is 2.47. The maximum atomic E-state index is 12.9. The molecule has 1 unspecified atom stereocenters. The summed E-state index contributed by atoms with van der Waals surface area (Å²) in [5.41, 5.74) is 1.70. The molecule has 1 fully saturated rings. The first kappa shape index (κ1) is 17.7. The van der Waals surface area contributed by atoms with Gasteiger partial charge in [-0.2, -0.15) is 0 Å². The van der Waals surface area contributed by atoms with E-state index in [4.69, 9.17) is 0 Å². The van der Waals surface area contributed by atoms with E-state index in [1.807, 2.05) is 41.9 Å². The number of likely N-dealkylation sites (tertiary alicyclic amines) is 1. The van der Waals surface area contributed by atoms with Gasteiger partial charge in [-0.25, -0.2) is 0 Å². The number of amides is 1. The molecule has 136 valence electrons. The summed E-state index contributed by atoms with van der Waals surface area (Å²) in [5.74, 6) is -1.33. The number of thiophene rings is 2. The third-order valence-corrected chi connectivity index (χ3v) is 6.58. The van der Waals surface area contributed by atoms with E-state index >= 15 is 0 Å². The summed E-state index contributed by atoms with van der Waals surface area (Å²) >= 11 is 3.04. The quantitative estimate of drug-likeness (QED) is 0.394. The third-order valence-electron chi connectivity index (χ3n) is 4.64. The molecule has 1 aromatic carbocycles. The van der Waals surface area contributed by atoms with E-state index in [1.54, 1.807) is 40.5 Å². The van der Waals surface area contributed by atoms with Crippen LogP contribution in [0.1, 0.15) is 26.9 Å². The van der Waals surface area contributed by atoms with E-state index < -0.39 is 17.7 Å². The lowest BCUT2D eigenvalue weighted by atomic mass is 9.98. The Kier molecular flexibility index (Phi) is 4.68. The van der Waals surface area contributed by atoms with Crippen molar-refractivity contribution in [1.29, 1.82) is 0 Å². The van der Waals surface area contributed by atoms with Crippen LogP contribution in [0.2, 0.25) is 0 Å². The Balaban J connectivity index is 1.88. The summed E-state index contributed by atoms with van der Waals surface area (Å²) in [5, 5.41) is 14.8. The lowest BCUT2D eigenvalue weighted by molar-refractivity contribution is -0.140.